The smallest absolute Gasteiger partial charge is 0.348 e. The Morgan fingerprint density at radius 2 is 1.57 bits per heavy atom. The van der Waals surface area contributed by atoms with Crippen LogP contribution in [0.5, 0.6) is 0 Å². The number of nitrogens with one attached hydrogen (secondary N) is 1. The number of H-pyrrole nitrogens is 1. The van der Waals surface area contributed by atoms with E-state index in [0.717, 1.165) is 4.90 Å². The molecule has 0 unspecified atom stereocenters. The van der Waals surface area contributed by atoms with E-state index in [1.54, 1.807) is 37.3 Å². The van der Waals surface area contributed by atoms with Crippen LogP contribution in [0.25, 0.3) is 10.9 Å². The third-order valence-corrected chi connectivity index (χ3v) is 5.42. The zero-order chi connectivity index (χ0) is 25.4. The van der Waals surface area contributed by atoms with E-state index in [9.17, 15) is 31.1 Å². The van der Waals surface area contributed by atoms with Crippen LogP contribution in [0, 0.1) is 6.92 Å². The number of pyridine rings is 1. The summed E-state index contributed by atoms with van der Waals surface area (Å²) in [4.78, 5) is 25.7. The molecule has 0 atom stereocenters. The van der Waals surface area contributed by atoms with Crippen molar-refractivity contribution in [2.75, 3.05) is 0 Å². The Hall–Kier alpha value is -3.89. The molecular formula is C24H18F6N4O. The molecule has 0 aliphatic rings. The van der Waals surface area contributed by atoms with Crippen LogP contribution >= 0.6 is 0 Å². The van der Waals surface area contributed by atoms with Crippen molar-refractivity contribution in [2.45, 2.75) is 32.4 Å². The molecule has 4 rings (SSSR count). The summed E-state index contributed by atoms with van der Waals surface area (Å²) in [6, 6.07) is 9.87. The van der Waals surface area contributed by atoms with Gasteiger partial charge in [0.05, 0.1) is 40.8 Å². The molecule has 0 fully saturated rings. The first-order chi connectivity index (χ1) is 16.4. The fourth-order valence-electron chi connectivity index (χ4n) is 3.63. The van der Waals surface area contributed by atoms with Gasteiger partial charge in [-0.3, -0.25) is 9.78 Å². The van der Waals surface area contributed by atoms with Crippen LogP contribution in [-0.2, 0) is 25.4 Å². The molecule has 2 aromatic heterocycles. The normalized spacial score (nSPS) is 12.2. The minimum atomic E-state index is -4.99. The van der Waals surface area contributed by atoms with Gasteiger partial charge >= 0.3 is 12.4 Å². The Labute approximate surface area is 195 Å². The number of aromatic nitrogens is 3. The zero-order valence-corrected chi connectivity index (χ0v) is 18.2. The molecule has 0 bridgehead atoms. The molecule has 4 aromatic rings. The minimum absolute atomic E-state index is 0.0563. The number of benzene rings is 2. The van der Waals surface area contributed by atoms with Gasteiger partial charge in [-0.2, -0.15) is 26.3 Å². The lowest BCUT2D eigenvalue weighted by molar-refractivity contribution is -0.143. The van der Waals surface area contributed by atoms with Crippen LogP contribution in [0.1, 0.15) is 38.4 Å². The van der Waals surface area contributed by atoms with Crippen molar-refractivity contribution in [1.29, 1.82) is 0 Å². The van der Waals surface area contributed by atoms with E-state index >= 15 is 0 Å². The highest BCUT2D eigenvalue weighted by atomic mass is 19.4. The second-order valence-corrected chi connectivity index (χ2v) is 7.97. The molecule has 0 aliphatic heterocycles. The number of halogens is 6. The third kappa shape index (κ3) is 5.44. The van der Waals surface area contributed by atoms with Gasteiger partial charge in [0.2, 0.25) is 0 Å². The van der Waals surface area contributed by atoms with Crippen LogP contribution in [0.15, 0.2) is 61.1 Å². The van der Waals surface area contributed by atoms with Gasteiger partial charge in [0.25, 0.3) is 5.91 Å². The molecule has 2 heterocycles. The Morgan fingerprint density at radius 3 is 2.17 bits per heavy atom. The van der Waals surface area contributed by atoms with Gasteiger partial charge in [0.1, 0.15) is 0 Å². The van der Waals surface area contributed by atoms with Crippen LogP contribution in [0.2, 0.25) is 0 Å². The number of hydrogen-bond acceptors (Lipinski definition) is 3. The number of nitrogens with zero attached hydrogens (tertiary/aromatic N) is 3. The predicted octanol–water partition coefficient (Wildman–Crippen LogP) is 6.15. The first-order valence-electron chi connectivity index (χ1n) is 10.3. The summed E-state index contributed by atoms with van der Waals surface area (Å²) in [5.74, 6) is -0.614. The number of carbonyl (C=O) groups is 1. The van der Waals surface area contributed by atoms with E-state index in [1.807, 2.05) is 0 Å². The molecule has 0 radical (unpaired) electrons. The minimum Gasteiger partial charge on any atom is -0.348 e. The lowest BCUT2D eigenvalue weighted by Gasteiger charge is -2.24. The van der Waals surface area contributed by atoms with Crippen molar-refractivity contribution >= 4 is 16.8 Å². The van der Waals surface area contributed by atoms with Crippen LogP contribution in [-0.4, -0.2) is 25.8 Å². The molecule has 182 valence electrons. The highest BCUT2D eigenvalue weighted by molar-refractivity contribution is 5.97. The number of aryl methyl sites for hydroxylation is 1. The summed E-state index contributed by atoms with van der Waals surface area (Å²) >= 11 is 0. The quantitative estimate of drug-likeness (QED) is 0.340. The van der Waals surface area contributed by atoms with E-state index in [-0.39, 0.29) is 23.7 Å². The fourth-order valence-corrected chi connectivity index (χ4v) is 3.63. The van der Waals surface area contributed by atoms with E-state index in [2.05, 4.69) is 15.0 Å². The molecule has 1 amide bonds. The summed E-state index contributed by atoms with van der Waals surface area (Å²) in [6.07, 6.45) is -7.28. The number of imidazole rings is 1. The number of hydrogen-bond donors (Lipinski definition) is 1. The van der Waals surface area contributed by atoms with E-state index in [0.29, 0.717) is 34.4 Å². The van der Waals surface area contributed by atoms with Crippen molar-refractivity contribution in [1.82, 2.24) is 19.9 Å². The Morgan fingerprint density at radius 1 is 0.914 bits per heavy atom. The molecule has 35 heavy (non-hydrogen) atoms. The van der Waals surface area contributed by atoms with Crippen LogP contribution in [0.4, 0.5) is 26.3 Å². The summed E-state index contributed by atoms with van der Waals surface area (Å²) < 4.78 is 80.0. The first-order valence-corrected chi connectivity index (χ1v) is 10.3. The van der Waals surface area contributed by atoms with Crippen molar-refractivity contribution in [3.05, 3.63) is 94.7 Å². The lowest BCUT2D eigenvalue weighted by Crippen LogP contribution is -2.31. The van der Waals surface area contributed by atoms with Crippen molar-refractivity contribution < 1.29 is 31.1 Å². The molecule has 1 N–H and O–H groups in total. The third-order valence-electron chi connectivity index (χ3n) is 5.42. The Kier molecular flexibility index (Phi) is 6.27. The largest absolute Gasteiger partial charge is 0.416 e. The topological polar surface area (TPSA) is 61.9 Å². The second kappa shape index (κ2) is 9.05. The van der Waals surface area contributed by atoms with E-state index in [4.69, 9.17) is 0 Å². The maximum Gasteiger partial charge on any atom is 0.416 e. The van der Waals surface area contributed by atoms with E-state index < -0.39 is 35.9 Å². The van der Waals surface area contributed by atoms with Gasteiger partial charge < -0.3 is 9.88 Å². The van der Waals surface area contributed by atoms with Gasteiger partial charge in [0.15, 0.2) is 0 Å². The highest BCUT2D eigenvalue weighted by Crippen LogP contribution is 2.36. The molecule has 5 nitrogen and oxygen atoms in total. The van der Waals surface area contributed by atoms with Gasteiger partial charge in [-0.15, -0.1) is 0 Å². The monoisotopic (exact) mass is 492 g/mol. The number of amides is 1. The predicted molar refractivity (Wildman–Crippen MR) is 115 cm³/mol. The number of carbonyl (C=O) groups excluding carboxylic acids is 1. The average Bonchev–Trinajstić information content (AvgIpc) is 3.20. The van der Waals surface area contributed by atoms with Crippen LogP contribution in [0.3, 0.4) is 0 Å². The van der Waals surface area contributed by atoms with Crippen LogP contribution < -0.4 is 0 Å². The van der Waals surface area contributed by atoms with Crippen molar-refractivity contribution in [2.24, 2.45) is 0 Å². The van der Waals surface area contributed by atoms with E-state index in [1.165, 1.54) is 12.5 Å². The number of fused-ring (bicyclic) bond motifs is 1. The molecular weight excluding hydrogens is 474 g/mol. The van der Waals surface area contributed by atoms with Gasteiger partial charge in [-0.1, -0.05) is 18.2 Å². The maximum absolute atomic E-state index is 13.4. The maximum atomic E-state index is 13.4. The van der Waals surface area contributed by atoms with Gasteiger partial charge in [0, 0.05) is 23.8 Å². The molecule has 11 heteroatoms. The van der Waals surface area contributed by atoms with Gasteiger partial charge in [-0.05, 0) is 42.8 Å². The number of alkyl halides is 6. The summed E-state index contributed by atoms with van der Waals surface area (Å²) in [5.41, 5.74) is -1.40. The molecule has 0 aliphatic carbocycles. The number of para-hydroxylation sites is 1. The van der Waals surface area contributed by atoms with Crippen molar-refractivity contribution in [3.8, 4) is 0 Å². The van der Waals surface area contributed by atoms with Crippen molar-refractivity contribution in [3.63, 3.8) is 0 Å². The molecule has 0 spiro atoms. The SMILES string of the molecule is Cc1[nH]cnc1CN(Cc1cc(C(F)(F)F)cc(C(F)(F)F)c1)C(=O)c1cnc2ccccc2c1. The standard InChI is InChI=1S/C24H18F6N4O/c1-14-21(33-13-32-14)12-34(22(35)17-8-16-4-2-3-5-20(16)31-10-17)11-15-6-18(23(25,26)27)9-19(7-15)24(28,29)30/h2-10,13H,11-12H2,1H3,(H,32,33). The Balaban J connectivity index is 1.75. The summed E-state index contributed by atoms with van der Waals surface area (Å²) in [7, 11) is 0. The first kappa shape index (κ1) is 24.2. The summed E-state index contributed by atoms with van der Waals surface area (Å²) in [5, 5.41) is 0.660. The molecule has 0 saturated carbocycles. The summed E-state index contributed by atoms with van der Waals surface area (Å²) in [6.45, 7) is 1.04. The lowest BCUT2D eigenvalue weighted by atomic mass is 10.0. The molecule has 0 saturated heterocycles. The molecule has 2 aromatic carbocycles. The van der Waals surface area contributed by atoms with Gasteiger partial charge in [-0.25, -0.2) is 4.98 Å². The second-order valence-electron chi connectivity index (χ2n) is 7.97. The highest BCUT2D eigenvalue weighted by Gasteiger charge is 2.37. The Bertz CT molecular complexity index is 1340. The fraction of sp³-hybridized carbons (Fsp3) is 0.208. The average molecular weight is 492 g/mol. The number of aromatic amines is 1. The number of rotatable bonds is 5. The zero-order valence-electron chi connectivity index (χ0n) is 18.2.